The fraction of sp³-hybridized carbons (Fsp3) is 0.357. The maximum Gasteiger partial charge on any atom is 0.244 e. The van der Waals surface area contributed by atoms with Crippen LogP contribution < -0.4 is 5.32 Å². The van der Waals surface area contributed by atoms with E-state index in [1.54, 1.807) is 29.2 Å². The molecule has 7 heteroatoms. The van der Waals surface area contributed by atoms with Crippen LogP contribution in [0.15, 0.2) is 28.7 Å². The molecule has 0 unspecified atom stereocenters. The van der Waals surface area contributed by atoms with E-state index in [4.69, 9.17) is 0 Å². The lowest BCUT2D eigenvalue weighted by Gasteiger charge is -2.11. The Kier molecular flexibility index (Phi) is 5.58. The highest BCUT2D eigenvalue weighted by atomic mass is 32.2. The zero-order valence-electron chi connectivity index (χ0n) is 12.2. The number of carbonyl (C=O) groups excluding carboxylic acids is 1. The van der Waals surface area contributed by atoms with Gasteiger partial charge in [-0.05, 0) is 30.2 Å². The molecule has 2 aromatic heterocycles. The van der Waals surface area contributed by atoms with Crippen molar-refractivity contribution in [2.24, 2.45) is 7.05 Å². The van der Waals surface area contributed by atoms with Gasteiger partial charge in [-0.25, -0.2) is 0 Å². The van der Waals surface area contributed by atoms with Gasteiger partial charge < -0.3 is 9.88 Å². The van der Waals surface area contributed by atoms with Gasteiger partial charge >= 0.3 is 0 Å². The Balaban J connectivity index is 1.97. The fourth-order valence-corrected chi connectivity index (χ4v) is 3.09. The molecule has 2 rings (SSSR count). The van der Waals surface area contributed by atoms with Crippen LogP contribution in [-0.2, 0) is 11.8 Å². The summed E-state index contributed by atoms with van der Waals surface area (Å²) >= 11 is 3.23. The Morgan fingerprint density at radius 1 is 1.57 bits per heavy atom. The Hall–Kier alpha value is -1.60. The molecule has 112 valence electrons. The minimum Gasteiger partial charge on any atom is -0.343 e. The van der Waals surface area contributed by atoms with Gasteiger partial charge in [0.25, 0.3) is 0 Å². The second-order valence-corrected chi connectivity index (χ2v) is 6.62. The number of nitrogens with one attached hydrogen (secondary N) is 1. The molecular weight excluding hydrogens is 304 g/mol. The van der Waals surface area contributed by atoms with Gasteiger partial charge in [-0.2, -0.15) is 0 Å². The summed E-state index contributed by atoms with van der Waals surface area (Å²) in [4.78, 5) is 13.0. The molecule has 0 bridgehead atoms. The molecule has 0 aliphatic heterocycles. The lowest BCUT2D eigenvalue weighted by Crippen LogP contribution is -2.26. The standard InChI is InChI=1S/C14H18N4OS2/c1-4-20-14-17-16-13(18(14)3)10(2)15-12(19)8-7-11-6-5-9-21-11/h5-10H,4H2,1-3H3,(H,15,19)/b8-7+/t10-/m1/s1. The molecule has 0 aliphatic rings. The van der Waals surface area contributed by atoms with Crippen LogP contribution in [-0.4, -0.2) is 26.4 Å². The Morgan fingerprint density at radius 2 is 2.38 bits per heavy atom. The number of thioether (sulfide) groups is 1. The Morgan fingerprint density at radius 3 is 3.05 bits per heavy atom. The van der Waals surface area contributed by atoms with Crippen molar-refractivity contribution in [2.45, 2.75) is 25.0 Å². The van der Waals surface area contributed by atoms with Crippen LogP contribution in [0.1, 0.15) is 30.6 Å². The van der Waals surface area contributed by atoms with Crippen LogP contribution in [0.4, 0.5) is 0 Å². The normalized spacial score (nSPS) is 12.7. The van der Waals surface area contributed by atoms with Crippen molar-refractivity contribution in [3.8, 4) is 0 Å². The van der Waals surface area contributed by atoms with E-state index in [0.29, 0.717) is 0 Å². The fourth-order valence-electron chi connectivity index (χ4n) is 1.83. The smallest absolute Gasteiger partial charge is 0.244 e. The number of aromatic nitrogens is 3. The van der Waals surface area contributed by atoms with E-state index in [0.717, 1.165) is 21.6 Å². The van der Waals surface area contributed by atoms with Gasteiger partial charge in [0.15, 0.2) is 11.0 Å². The van der Waals surface area contributed by atoms with Crippen LogP contribution in [0.3, 0.4) is 0 Å². The summed E-state index contributed by atoms with van der Waals surface area (Å²) in [5.74, 6) is 1.56. The van der Waals surface area contributed by atoms with E-state index in [9.17, 15) is 4.79 Å². The number of nitrogens with zero attached hydrogens (tertiary/aromatic N) is 3. The molecule has 0 aromatic carbocycles. The maximum atomic E-state index is 11.9. The summed E-state index contributed by atoms with van der Waals surface area (Å²) in [6.07, 6.45) is 3.35. The second kappa shape index (κ2) is 7.42. The minimum absolute atomic E-state index is 0.136. The topological polar surface area (TPSA) is 59.8 Å². The summed E-state index contributed by atoms with van der Waals surface area (Å²) in [5, 5.41) is 14.0. The molecule has 0 fully saturated rings. The van der Waals surface area contributed by atoms with Gasteiger partial charge in [0.2, 0.25) is 5.91 Å². The van der Waals surface area contributed by atoms with E-state index in [1.165, 1.54) is 0 Å². The van der Waals surface area contributed by atoms with Gasteiger partial charge in [-0.3, -0.25) is 4.79 Å². The Bertz CT molecular complexity index is 619. The number of hydrogen-bond donors (Lipinski definition) is 1. The van der Waals surface area contributed by atoms with Crippen molar-refractivity contribution in [2.75, 3.05) is 5.75 Å². The van der Waals surface area contributed by atoms with E-state index in [1.807, 2.05) is 42.1 Å². The van der Waals surface area contributed by atoms with Crippen LogP contribution >= 0.6 is 23.1 Å². The third-order valence-corrected chi connectivity index (χ3v) is 4.57. The number of carbonyl (C=O) groups is 1. The summed E-state index contributed by atoms with van der Waals surface area (Å²) in [5.41, 5.74) is 0. The van der Waals surface area contributed by atoms with Crippen molar-refractivity contribution in [3.05, 3.63) is 34.3 Å². The molecule has 1 N–H and O–H groups in total. The van der Waals surface area contributed by atoms with Crippen LogP contribution in [0.25, 0.3) is 6.08 Å². The first-order valence-electron chi connectivity index (χ1n) is 6.66. The average molecular weight is 322 g/mol. The molecule has 0 aliphatic carbocycles. The Labute approximate surface area is 132 Å². The third kappa shape index (κ3) is 4.18. The van der Waals surface area contributed by atoms with Gasteiger partial charge in [-0.1, -0.05) is 24.8 Å². The first kappa shape index (κ1) is 15.8. The lowest BCUT2D eigenvalue weighted by molar-refractivity contribution is -0.117. The van der Waals surface area contributed by atoms with Crippen molar-refractivity contribution < 1.29 is 4.79 Å². The SMILES string of the molecule is CCSc1nnc([C@@H](C)NC(=O)/C=C/c2cccs2)n1C. The number of hydrogen-bond acceptors (Lipinski definition) is 5. The predicted octanol–water partition coefficient (Wildman–Crippen LogP) is 2.88. The first-order chi connectivity index (χ1) is 10.1. The molecule has 0 saturated carbocycles. The predicted molar refractivity (Wildman–Crippen MR) is 87.3 cm³/mol. The molecule has 5 nitrogen and oxygen atoms in total. The maximum absolute atomic E-state index is 11.9. The van der Waals surface area contributed by atoms with Crippen LogP contribution in [0.2, 0.25) is 0 Å². The highest BCUT2D eigenvalue weighted by molar-refractivity contribution is 7.99. The van der Waals surface area contributed by atoms with Crippen molar-refractivity contribution in [3.63, 3.8) is 0 Å². The minimum atomic E-state index is -0.186. The van der Waals surface area contributed by atoms with Crippen LogP contribution in [0, 0.1) is 0 Å². The van der Waals surface area contributed by atoms with Crippen LogP contribution in [0.5, 0.6) is 0 Å². The monoisotopic (exact) mass is 322 g/mol. The van der Waals surface area contributed by atoms with Crippen molar-refractivity contribution in [1.29, 1.82) is 0 Å². The average Bonchev–Trinajstić information content (AvgIpc) is 3.08. The zero-order chi connectivity index (χ0) is 15.2. The summed E-state index contributed by atoms with van der Waals surface area (Å²) in [6.45, 7) is 3.97. The molecule has 2 aromatic rings. The largest absolute Gasteiger partial charge is 0.343 e. The van der Waals surface area contributed by atoms with Crippen molar-refractivity contribution in [1.82, 2.24) is 20.1 Å². The van der Waals surface area contributed by atoms with Gasteiger partial charge in [0.05, 0.1) is 6.04 Å². The number of rotatable bonds is 6. The van der Waals surface area contributed by atoms with Gasteiger partial charge in [-0.15, -0.1) is 21.5 Å². The molecular formula is C14H18N4OS2. The molecule has 21 heavy (non-hydrogen) atoms. The second-order valence-electron chi connectivity index (χ2n) is 4.41. The molecule has 1 atom stereocenters. The first-order valence-corrected chi connectivity index (χ1v) is 8.52. The highest BCUT2D eigenvalue weighted by Crippen LogP contribution is 2.18. The summed E-state index contributed by atoms with van der Waals surface area (Å²) in [7, 11) is 1.91. The van der Waals surface area contributed by atoms with Gasteiger partial charge in [0, 0.05) is 18.0 Å². The number of amides is 1. The molecule has 2 heterocycles. The van der Waals surface area contributed by atoms with E-state index in [-0.39, 0.29) is 11.9 Å². The summed E-state index contributed by atoms with van der Waals surface area (Å²) in [6, 6.07) is 3.74. The molecule has 0 saturated heterocycles. The number of thiophene rings is 1. The highest BCUT2D eigenvalue weighted by Gasteiger charge is 2.16. The lowest BCUT2D eigenvalue weighted by atomic mass is 10.3. The quantitative estimate of drug-likeness (QED) is 0.656. The van der Waals surface area contributed by atoms with Crippen molar-refractivity contribution >= 4 is 35.1 Å². The summed E-state index contributed by atoms with van der Waals surface area (Å²) < 4.78 is 1.92. The third-order valence-electron chi connectivity index (χ3n) is 2.83. The van der Waals surface area contributed by atoms with E-state index < -0.39 is 0 Å². The zero-order valence-corrected chi connectivity index (χ0v) is 13.9. The molecule has 0 spiro atoms. The molecule has 0 radical (unpaired) electrons. The van der Waals surface area contributed by atoms with Gasteiger partial charge in [0.1, 0.15) is 0 Å². The molecule has 1 amide bonds. The van der Waals surface area contributed by atoms with E-state index >= 15 is 0 Å². The van der Waals surface area contributed by atoms with E-state index in [2.05, 4.69) is 22.4 Å².